The lowest BCUT2D eigenvalue weighted by Crippen LogP contribution is -2.21. The second kappa shape index (κ2) is 12.2. The van der Waals surface area contributed by atoms with Crippen molar-refractivity contribution < 1.29 is 9.53 Å². The molecule has 0 spiro atoms. The van der Waals surface area contributed by atoms with E-state index >= 15 is 0 Å². The third kappa shape index (κ3) is 10.3. The Labute approximate surface area is 126 Å². The van der Waals surface area contributed by atoms with Crippen LogP contribution < -0.4 is 0 Å². The zero-order chi connectivity index (χ0) is 15.4. The van der Waals surface area contributed by atoms with Gasteiger partial charge in [-0.3, -0.25) is 4.79 Å². The highest BCUT2D eigenvalue weighted by molar-refractivity contribution is 5.69. The second-order valence-electron chi connectivity index (χ2n) is 6.41. The van der Waals surface area contributed by atoms with Gasteiger partial charge in [-0.05, 0) is 25.2 Å². The zero-order valence-electron chi connectivity index (χ0n) is 14.4. The van der Waals surface area contributed by atoms with Gasteiger partial charge in [0.05, 0.1) is 0 Å². The highest BCUT2D eigenvalue weighted by atomic mass is 16.5. The van der Waals surface area contributed by atoms with Gasteiger partial charge in [-0.25, -0.2) is 0 Å². The molecule has 0 radical (unpaired) electrons. The molecule has 120 valence electrons. The van der Waals surface area contributed by atoms with E-state index in [-0.39, 0.29) is 12.1 Å². The molecule has 3 unspecified atom stereocenters. The smallest absolute Gasteiger partial charge is 0.305 e. The lowest BCUT2D eigenvalue weighted by atomic mass is 9.93. The van der Waals surface area contributed by atoms with Crippen molar-refractivity contribution >= 4 is 5.97 Å². The van der Waals surface area contributed by atoms with E-state index in [0.717, 1.165) is 12.3 Å². The standard InChI is InChI=1S/C18H36O2/c1-6-8-9-10-12-15(3)13-11-14-16(4)17(5)20-18(19)7-2/h15-17H,6-14H2,1-5H3. The summed E-state index contributed by atoms with van der Waals surface area (Å²) < 4.78 is 5.37. The van der Waals surface area contributed by atoms with Gasteiger partial charge in [0.2, 0.25) is 0 Å². The lowest BCUT2D eigenvalue weighted by Gasteiger charge is -2.21. The van der Waals surface area contributed by atoms with Crippen LogP contribution in [0.4, 0.5) is 0 Å². The molecule has 0 aromatic heterocycles. The van der Waals surface area contributed by atoms with Crippen LogP contribution in [0.5, 0.6) is 0 Å². The van der Waals surface area contributed by atoms with Gasteiger partial charge in [-0.1, -0.05) is 72.6 Å². The van der Waals surface area contributed by atoms with Crippen LogP contribution in [0, 0.1) is 11.8 Å². The topological polar surface area (TPSA) is 26.3 Å². The van der Waals surface area contributed by atoms with E-state index < -0.39 is 0 Å². The van der Waals surface area contributed by atoms with Crippen LogP contribution in [-0.2, 0) is 9.53 Å². The molecule has 0 bridgehead atoms. The SMILES string of the molecule is CCCCCCC(C)CCCC(C)C(C)OC(=O)CC. The summed E-state index contributed by atoms with van der Waals surface area (Å²) in [5.41, 5.74) is 0. The van der Waals surface area contributed by atoms with Crippen LogP contribution in [-0.4, -0.2) is 12.1 Å². The molecule has 0 aliphatic heterocycles. The van der Waals surface area contributed by atoms with Gasteiger partial charge in [0.25, 0.3) is 0 Å². The minimum atomic E-state index is -0.0753. The molecular weight excluding hydrogens is 248 g/mol. The van der Waals surface area contributed by atoms with Crippen molar-refractivity contribution in [2.24, 2.45) is 11.8 Å². The van der Waals surface area contributed by atoms with Gasteiger partial charge >= 0.3 is 5.97 Å². The molecule has 0 aliphatic rings. The van der Waals surface area contributed by atoms with Crippen LogP contribution in [0.1, 0.15) is 92.4 Å². The van der Waals surface area contributed by atoms with E-state index in [1.807, 2.05) is 13.8 Å². The van der Waals surface area contributed by atoms with E-state index in [9.17, 15) is 4.79 Å². The number of hydrogen-bond acceptors (Lipinski definition) is 2. The van der Waals surface area contributed by atoms with E-state index in [0.29, 0.717) is 12.3 Å². The Hall–Kier alpha value is -0.530. The average molecular weight is 284 g/mol. The molecule has 2 nitrogen and oxygen atoms in total. The van der Waals surface area contributed by atoms with Crippen molar-refractivity contribution in [1.29, 1.82) is 0 Å². The number of unbranched alkanes of at least 4 members (excludes halogenated alkanes) is 3. The molecule has 20 heavy (non-hydrogen) atoms. The van der Waals surface area contributed by atoms with Crippen molar-refractivity contribution in [3.05, 3.63) is 0 Å². The molecule has 3 atom stereocenters. The highest BCUT2D eigenvalue weighted by Gasteiger charge is 2.16. The maximum Gasteiger partial charge on any atom is 0.305 e. The minimum Gasteiger partial charge on any atom is -0.462 e. The second-order valence-corrected chi connectivity index (χ2v) is 6.41. The Morgan fingerprint density at radius 3 is 2.15 bits per heavy atom. The Morgan fingerprint density at radius 2 is 1.55 bits per heavy atom. The van der Waals surface area contributed by atoms with Gasteiger partial charge in [0.1, 0.15) is 6.10 Å². The maximum absolute atomic E-state index is 11.3. The van der Waals surface area contributed by atoms with Crippen LogP contribution in [0.15, 0.2) is 0 Å². The Bertz CT molecular complexity index is 238. The summed E-state index contributed by atoms with van der Waals surface area (Å²) in [5, 5.41) is 0. The third-order valence-corrected chi connectivity index (χ3v) is 4.31. The molecule has 0 fully saturated rings. The molecule has 0 aromatic rings. The largest absolute Gasteiger partial charge is 0.462 e. The van der Waals surface area contributed by atoms with Crippen molar-refractivity contribution in [2.45, 2.75) is 98.5 Å². The fraction of sp³-hybridized carbons (Fsp3) is 0.944. The maximum atomic E-state index is 11.3. The number of carbonyl (C=O) groups is 1. The summed E-state index contributed by atoms with van der Waals surface area (Å²) in [5.74, 6) is 1.24. The normalized spacial score (nSPS) is 15.7. The molecule has 0 saturated carbocycles. The first-order chi connectivity index (χ1) is 9.51. The monoisotopic (exact) mass is 284 g/mol. The quantitative estimate of drug-likeness (QED) is 0.337. The number of ether oxygens (including phenoxy) is 1. The summed E-state index contributed by atoms with van der Waals surface area (Å²) in [7, 11) is 0. The molecule has 0 amide bonds. The van der Waals surface area contributed by atoms with E-state index in [1.54, 1.807) is 0 Å². The molecule has 0 heterocycles. The summed E-state index contributed by atoms with van der Waals surface area (Å²) in [6, 6.07) is 0. The van der Waals surface area contributed by atoms with Crippen molar-refractivity contribution in [2.75, 3.05) is 0 Å². The van der Waals surface area contributed by atoms with Crippen LogP contribution >= 0.6 is 0 Å². The van der Waals surface area contributed by atoms with Gasteiger partial charge in [-0.15, -0.1) is 0 Å². The van der Waals surface area contributed by atoms with Crippen molar-refractivity contribution in [1.82, 2.24) is 0 Å². The summed E-state index contributed by atoms with van der Waals surface area (Å²) >= 11 is 0. The molecule has 0 saturated heterocycles. The van der Waals surface area contributed by atoms with Crippen LogP contribution in [0.25, 0.3) is 0 Å². The van der Waals surface area contributed by atoms with Crippen LogP contribution in [0.2, 0.25) is 0 Å². The number of hydrogen-bond donors (Lipinski definition) is 0. The van der Waals surface area contributed by atoms with Crippen molar-refractivity contribution in [3.8, 4) is 0 Å². The molecule has 0 aliphatic carbocycles. The van der Waals surface area contributed by atoms with Gasteiger partial charge in [0.15, 0.2) is 0 Å². The third-order valence-electron chi connectivity index (χ3n) is 4.31. The summed E-state index contributed by atoms with van der Waals surface area (Å²) in [4.78, 5) is 11.3. The Balaban J connectivity index is 3.63. The molecular formula is C18H36O2. The van der Waals surface area contributed by atoms with E-state index in [2.05, 4.69) is 20.8 Å². The number of rotatable bonds is 12. The van der Waals surface area contributed by atoms with Crippen molar-refractivity contribution in [3.63, 3.8) is 0 Å². The zero-order valence-corrected chi connectivity index (χ0v) is 14.4. The average Bonchev–Trinajstić information content (AvgIpc) is 2.43. The lowest BCUT2D eigenvalue weighted by molar-refractivity contribution is -0.150. The fourth-order valence-electron chi connectivity index (χ4n) is 2.49. The number of esters is 1. The fourth-order valence-corrected chi connectivity index (χ4v) is 2.49. The predicted octanol–water partition coefficient (Wildman–Crippen LogP) is 5.74. The minimum absolute atomic E-state index is 0.0577. The Kier molecular flexibility index (Phi) is 11.9. The van der Waals surface area contributed by atoms with Crippen LogP contribution in [0.3, 0.4) is 0 Å². The molecule has 0 rings (SSSR count). The van der Waals surface area contributed by atoms with E-state index in [4.69, 9.17) is 4.74 Å². The molecule has 0 N–H and O–H groups in total. The predicted molar refractivity (Wildman–Crippen MR) is 86.8 cm³/mol. The molecule has 2 heteroatoms. The van der Waals surface area contributed by atoms with E-state index in [1.165, 1.54) is 44.9 Å². The van der Waals surface area contributed by atoms with Gasteiger partial charge < -0.3 is 4.74 Å². The Morgan fingerprint density at radius 1 is 0.900 bits per heavy atom. The molecule has 0 aromatic carbocycles. The number of carbonyl (C=O) groups excluding carboxylic acids is 1. The summed E-state index contributed by atoms with van der Waals surface area (Å²) in [6.07, 6.45) is 11.1. The summed E-state index contributed by atoms with van der Waals surface area (Å²) in [6.45, 7) is 10.7. The van der Waals surface area contributed by atoms with Gasteiger partial charge in [0, 0.05) is 6.42 Å². The van der Waals surface area contributed by atoms with Gasteiger partial charge in [-0.2, -0.15) is 0 Å². The first-order valence-corrected chi connectivity index (χ1v) is 8.70. The highest BCUT2D eigenvalue weighted by Crippen LogP contribution is 2.21. The first kappa shape index (κ1) is 19.5. The first-order valence-electron chi connectivity index (χ1n) is 8.70.